The summed E-state index contributed by atoms with van der Waals surface area (Å²) < 4.78 is 1.61. The lowest BCUT2D eigenvalue weighted by Gasteiger charge is -2.32. The number of rotatable bonds is 5. The van der Waals surface area contributed by atoms with E-state index in [4.69, 9.17) is 0 Å². The summed E-state index contributed by atoms with van der Waals surface area (Å²) in [7, 11) is 1.79. The number of hydrogen-bond acceptors (Lipinski definition) is 5. The maximum Gasteiger partial charge on any atom is 0.254 e. The van der Waals surface area contributed by atoms with Gasteiger partial charge in [0.1, 0.15) is 0 Å². The van der Waals surface area contributed by atoms with Crippen molar-refractivity contribution in [3.63, 3.8) is 0 Å². The van der Waals surface area contributed by atoms with Crippen LogP contribution in [0.4, 0.5) is 0 Å². The second-order valence-corrected chi connectivity index (χ2v) is 8.74. The fraction of sp³-hybridized carbons (Fsp3) is 0.364. The molecule has 0 radical (unpaired) electrons. The Hall–Kier alpha value is -3.00. The van der Waals surface area contributed by atoms with E-state index in [-0.39, 0.29) is 11.8 Å². The number of aromatic nitrogens is 3. The van der Waals surface area contributed by atoms with E-state index >= 15 is 0 Å². The maximum absolute atomic E-state index is 12.8. The highest BCUT2D eigenvalue weighted by molar-refractivity contribution is 7.09. The molecule has 1 N–H and O–H groups in total. The fourth-order valence-electron chi connectivity index (χ4n) is 3.68. The number of aryl methyl sites for hydroxylation is 2. The predicted octanol–water partition coefficient (Wildman–Crippen LogP) is 3.13. The van der Waals surface area contributed by atoms with Gasteiger partial charge in [-0.2, -0.15) is 5.10 Å². The van der Waals surface area contributed by atoms with Crippen LogP contribution in [0.5, 0.6) is 0 Å². The first kappa shape index (κ1) is 20.3. The standard InChI is InChI=1S/C22H25N5O2S/c1-15-25-20(14-30-15)17-3-5-18(6-4-17)22(29)27-9-7-16(8-10-27)11-23-21(28)19-12-24-26(2)13-19/h3-6,12-14,16H,7-11H2,1-2H3,(H,23,28). The van der Waals surface area contributed by atoms with Crippen molar-refractivity contribution < 1.29 is 9.59 Å². The molecule has 0 saturated carbocycles. The van der Waals surface area contributed by atoms with E-state index in [9.17, 15) is 9.59 Å². The summed E-state index contributed by atoms with van der Waals surface area (Å²) in [6.07, 6.45) is 5.04. The first-order chi connectivity index (χ1) is 14.5. The van der Waals surface area contributed by atoms with Gasteiger partial charge in [0.2, 0.25) is 0 Å². The minimum atomic E-state index is -0.1000. The van der Waals surface area contributed by atoms with E-state index in [1.54, 1.807) is 35.5 Å². The molecule has 1 aromatic carbocycles. The molecule has 0 atom stereocenters. The molecule has 3 heterocycles. The van der Waals surface area contributed by atoms with Crippen LogP contribution in [0.2, 0.25) is 0 Å². The molecule has 1 fully saturated rings. The van der Waals surface area contributed by atoms with Gasteiger partial charge < -0.3 is 10.2 Å². The molecule has 1 aliphatic heterocycles. The molecular formula is C22H25N5O2S. The number of likely N-dealkylation sites (tertiary alicyclic amines) is 1. The zero-order chi connectivity index (χ0) is 21.1. The lowest BCUT2D eigenvalue weighted by atomic mass is 9.96. The highest BCUT2D eigenvalue weighted by Gasteiger charge is 2.24. The first-order valence-electron chi connectivity index (χ1n) is 10.1. The van der Waals surface area contributed by atoms with Gasteiger partial charge in [-0.15, -0.1) is 11.3 Å². The monoisotopic (exact) mass is 423 g/mol. The number of carbonyl (C=O) groups excluding carboxylic acids is 2. The van der Waals surface area contributed by atoms with Gasteiger partial charge in [0, 0.05) is 49.4 Å². The summed E-state index contributed by atoms with van der Waals surface area (Å²) in [5.74, 6) is 0.343. The normalized spacial score (nSPS) is 14.7. The number of carbonyl (C=O) groups is 2. The minimum Gasteiger partial charge on any atom is -0.352 e. The van der Waals surface area contributed by atoms with Gasteiger partial charge in [-0.05, 0) is 37.8 Å². The van der Waals surface area contributed by atoms with Gasteiger partial charge in [-0.3, -0.25) is 14.3 Å². The molecule has 8 heteroatoms. The van der Waals surface area contributed by atoms with Gasteiger partial charge in [-0.1, -0.05) is 12.1 Å². The fourth-order valence-corrected chi connectivity index (χ4v) is 4.30. The van der Waals surface area contributed by atoms with Crippen LogP contribution in [0.15, 0.2) is 42.0 Å². The van der Waals surface area contributed by atoms with Gasteiger partial charge in [0.25, 0.3) is 11.8 Å². The predicted molar refractivity (Wildman–Crippen MR) is 116 cm³/mol. The van der Waals surface area contributed by atoms with Crippen LogP contribution < -0.4 is 5.32 Å². The molecule has 0 bridgehead atoms. The number of thiazole rings is 1. The second kappa shape index (κ2) is 8.79. The molecule has 0 spiro atoms. The van der Waals surface area contributed by atoms with E-state index in [2.05, 4.69) is 15.4 Å². The van der Waals surface area contributed by atoms with Crippen LogP contribution in [0.25, 0.3) is 11.3 Å². The Bertz CT molecular complexity index is 1030. The number of amides is 2. The summed E-state index contributed by atoms with van der Waals surface area (Å²) in [6, 6.07) is 7.68. The smallest absolute Gasteiger partial charge is 0.254 e. The van der Waals surface area contributed by atoms with Gasteiger partial charge in [-0.25, -0.2) is 4.98 Å². The highest BCUT2D eigenvalue weighted by atomic mass is 32.1. The van der Waals surface area contributed by atoms with Crippen LogP contribution in [0.1, 0.15) is 38.6 Å². The van der Waals surface area contributed by atoms with Crippen molar-refractivity contribution in [1.82, 2.24) is 25.0 Å². The Balaban J connectivity index is 1.27. The summed E-state index contributed by atoms with van der Waals surface area (Å²) in [4.78, 5) is 31.4. The Morgan fingerprint density at radius 1 is 1.17 bits per heavy atom. The second-order valence-electron chi connectivity index (χ2n) is 7.68. The SMILES string of the molecule is Cc1nc(-c2ccc(C(=O)N3CCC(CNC(=O)c4cnn(C)c4)CC3)cc2)cs1. The van der Waals surface area contributed by atoms with Crippen LogP contribution in [-0.4, -0.2) is 51.1 Å². The van der Waals surface area contributed by atoms with E-state index in [1.807, 2.05) is 41.5 Å². The molecule has 30 heavy (non-hydrogen) atoms. The van der Waals surface area contributed by atoms with Crippen LogP contribution in [-0.2, 0) is 7.05 Å². The lowest BCUT2D eigenvalue weighted by molar-refractivity contribution is 0.0684. The third kappa shape index (κ3) is 4.59. The average molecular weight is 424 g/mol. The summed E-state index contributed by atoms with van der Waals surface area (Å²) >= 11 is 1.62. The molecule has 0 unspecified atom stereocenters. The van der Waals surface area contributed by atoms with Gasteiger partial charge in [0.05, 0.1) is 22.5 Å². The highest BCUT2D eigenvalue weighted by Crippen LogP contribution is 2.23. The van der Waals surface area contributed by atoms with Crippen LogP contribution in [0, 0.1) is 12.8 Å². The van der Waals surface area contributed by atoms with Crippen LogP contribution >= 0.6 is 11.3 Å². The van der Waals surface area contributed by atoms with Crippen LogP contribution in [0.3, 0.4) is 0 Å². The number of piperidine rings is 1. The zero-order valence-corrected chi connectivity index (χ0v) is 18.0. The largest absolute Gasteiger partial charge is 0.352 e. The van der Waals surface area contributed by atoms with Crippen molar-refractivity contribution in [2.75, 3.05) is 19.6 Å². The number of nitrogens with zero attached hydrogens (tertiary/aromatic N) is 4. The van der Waals surface area contributed by atoms with Crippen molar-refractivity contribution in [3.05, 3.63) is 58.2 Å². The minimum absolute atomic E-state index is 0.0638. The molecular weight excluding hydrogens is 398 g/mol. The van der Waals surface area contributed by atoms with Gasteiger partial charge in [0.15, 0.2) is 0 Å². The molecule has 2 amide bonds. The Labute approximate surface area is 179 Å². The lowest BCUT2D eigenvalue weighted by Crippen LogP contribution is -2.41. The van der Waals surface area contributed by atoms with E-state index in [1.165, 1.54) is 0 Å². The van der Waals surface area contributed by atoms with Crippen molar-refractivity contribution in [2.24, 2.45) is 13.0 Å². The Morgan fingerprint density at radius 3 is 2.50 bits per heavy atom. The molecule has 2 aromatic heterocycles. The van der Waals surface area contributed by atoms with Crippen molar-refractivity contribution in [2.45, 2.75) is 19.8 Å². The summed E-state index contributed by atoms with van der Waals surface area (Å²) in [5.41, 5.74) is 3.25. The zero-order valence-electron chi connectivity index (χ0n) is 17.2. The number of hydrogen-bond donors (Lipinski definition) is 1. The molecule has 1 aliphatic rings. The quantitative estimate of drug-likeness (QED) is 0.684. The number of benzene rings is 1. The van der Waals surface area contributed by atoms with Crippen molar-refractivity contribution in [3.8, 4) is 11.3 Å². The Kier molecular flexibility index (Phi) is 5.94. The molecule has 0 aliphatic carbocycles. The molecule has 1 saturated heterocycles. The first-order valence-corrected chi connectivity index (χ1v) is 11.0. The maximum atomic E-state index is 12.8. The van der Waals surface area contributed by atoms with E-state index in [0.717, 1.165) is 29.1 Å². The summed E-state index contributed by atoms with van der Waals surface area (Å²) in [5, 5.41) is 10.1. The van der Waals surface area contributed by atoms with E-state index in [0.29, 0.717) is 36.7 Å². The van der Waals surface area contributed by atoms with Crippen molar-refractivity contribution in [1.29, 1.82) is 0 Å². The topological polar surface area (TPSA) is 80.1 Å². The summed E-state index contributed by atoms with van der Waals surface area (Å²) in [6.45, 7) is 4.02. The Morgan fingerprint density at radius 2 is 1.90 bits per heavy atom. The van der Waals surface area contributed by atoms with Crippen molar-refractivity contribution >= 4 is 23.2 Å². The van der Waals surface area contributed by atoms with Gasteiger partial charge >= 0.3 is 0 Å². The average Bonchev–Trinajstić information content (AvgIpc) is 3.40. The number of nitrogens with one attached hydrogen (secondary N) is 1. The molecule has 7 nitrogen and oxygen atoms in total. The molecule has 4 rings (SSSR count). The molecule has 3 aromatic rings. The third-order valence-electron chi connectivity index (χ3n) is 5.47. The van der Waals surface area contributed by atoms with E-state index < -0.39 is 0 Å². The third-order valence-corrected chi connectivity index (χ3v) is 6.24. The molecule has 156 valence electrons.